The van der Waals surface area contributed by atoms with Crippen LogP contribution in [0, 0.1) is 6.92 Å². The first-order valence-electron chi connectivity index (χ1n) is 12.2. The average Bonchev–Trinajstić information content (AvgIpc) is 3.49. The van der Waals surface area contributed by atoms with Crippen LogP contribution < -0.4 is 24.8 Å². The number of hydrogen-bond donors (Lipinski definition) is 3. The standard InChI is InChI=1S/C30H31N3O4/c1-18-5-7-21(8-6-18)33-30(34)25-13-20-14-27(36-3)28(37-4)16-24(20)29(25)31-12-11-19-17-32-26-10-9-22(35-2)15-23(19)26/h5-10,14-17,31-32H,11-13H2,1-4H3,(H,33,34). The third-order valence-corrected chi connectivity index (χ3v) is 6.80. The van der Waals surface area contributed by atoms with Crippen LogP contribution >= 0.6 is 0 Å². The summed E-state index contributed by atoms with van der Waals surface area (Å²) >= 11 is 0. The molecule has 3 N–H and O–H groups in total. The van der Waals surface area contributed by atoms with Crippen LogP contribution in [0.3, 0.4) is 0 Å². The van der Waals surface area contributed by atoms with E-state index in [1.807, 2.05) is 67.7 Å². The van der Waals surface area contributed by atoms with E-state index in [1.165, 1.54) is 5.56 Å². The summed E-state index contributed by atoms with van der Waals surface area (Å²) in [7, 11) is 4.91. The number of aryl methyl sites for hydroxylation is 1. The summed E-state index contributed by atoms with van der Waals surface area (Å²) in [6, 6.07) is 17.7. The summed E-state index contributed by atoms with van der Waals surface area (Å²) in [5.74, 6) is 1.97. The molecule has 0 radical (unpaired) electrons. The first-order valence-corrected chi connectivity index (χ1v) is 12.2. The van der Waals surface area contributed by atoms with E-state index in [0.29, 0.717) is 30.0 Å². The van der Waals surface area contributed by atoms with Crippen LogP contribution in [0.15, 0.2) is 66.4 Å². The summed E-state index contributed by atoms with van der Waals surface area (Å²) in [6.45, 7) is 2.67. The van der Waals surface area contributed by atoms with Crippen LogP contribution in [0.25, 0.3) is 16.6 Å². The van der Waals surface area contributed by atoms with E-state index in [2.05, 4.69) is 15.6 Å². The van der Waals surface area contributed by atoms with E-state index in [4.69, 9.17) is 14.2 Å². The largest absolute Gasteiger partial charge is 0.497 e. The van der Waals surface area contributed by atoms with Crippen molar-refractivity contribution in [3.05, 3.63) is 88.6 Å². The van der Waals surface area contributed by atoms with Gasteiger partial charge in [0.2, 0.25) is 0 Å². The number of carbonyl (C=O) groups excluding carboxylic acids is 1. The first-order chi connectivity index (χ1) is 18.0. The third kappa shape index (κ3) is 4.85. The molecular weight excluding hydrogens is 466 g/mol. The summed E-state index contributed by atoms with van der Waals surface area (Å²) in [5.41, 5.74) is 7.63. The third-order valence-electron chi connectivity index (χ3n) is 6.80. The van der Waals surface area contributed by atoms with Crippen molar-refractivity contribution in [2.45, 2.75) is 19.8 Å². The molecule has 0 saturated carbocycles. The Balaban J connectivity index is 1.43. The van der Waals surface area contributed by atoms with Crippen LogP contribution in [0.1, 0.15) is 22.3 Å². The van der Waals surface area contributed by atoms with Crippen LogP contribution in [0.4, 0.5) is 5.69 Å². The predicted octanol–water partition coefficient (Wildman–Crippen LogP) is 5.24. The van der Waals surface area contributed by atoms with Crippen molar-refractivity contribution < 1.29 is 19.0 Å². The van der Waals surface area contributed by atoms with Gasteiger partial charge >= 0.3 is 0 Å². The highest BCUT2D eigenvalue weighted by Crippen LogP contribution is 2.39. The molecule has 0 spiro atoms. The number of benzene rings is 3. The van der Waals surface area contributed by atoms with Crippen molar-refractivity contribution in [3.8, 4) is 17.2 Å². The van der Waals surface area contributed by atoms with E-state index < -0.39 is 0 Å². The number of fused-ring (bicyclic) bond motifs is 2. The number of rotatable bonds is 9. The van der Waals surface area contributed by atoms with Gasteiger partial charge in [0, 0.05) is 46.9 Å². The lowest BCUT2D eigenvalue weighted by Gasteiger charge is -2.14. The second kappa shape index (κ2) is 10.3. The lowest BCUT2D eigenvalue weighted by Crippen LogP contribution is -2.21. The second-order valence-electron chi connectivity index (χ2n) is 9.12. The molecule has 0 fully saturated rings. The number of nitrogens with one attached hydrogen (secondary N) is 3. The van der Waals surface area contributed by atoms with Crippen molar-refractivity contribution in [2.24, 2.45) is 0 Å². The first kappa shape index (κ1) is 24.3. The van der Waals surface area contributed by atoms with E-state index in [-0.39, 0.29) is 5.91 Å². The smallest absolute Gasteiger partial charge is 0.254 e. The molecule has 5 rings (SSSR count). The Hall–Kier alpha value is -4.39. The summed E-state index contributed by atoms with van der Waals surface area (Å²) in [4.78, 5) is 16.8. The SMILES string of the molecule is COc1ccc2[nH]cc(CCNC3=C(C(=O)Nc4ccc(C)cc4)Cc4cc(OC)c(OC)cc43)c2c1. The average molecular weight is 498 g/mol. The Morgan fingerprint density at radius 2 is 1.70 bits per heavy atom. The maximum Gasteiger partial charge on any atom is 0.254 e. The molecule has 1 aliphatic rings. The van der Waals surface area contributed by atoms with E-state index in [0.717, 1.165) is 51.1 Å². The van der Waals surface area contributed by atoms with Crippen molar-refractivity contribution >= 4 is 28.2 Å². The quantitative estimate of drug-likeness (QED) is 0.295. The van der Waals surface area contributed by atoms with Gasteiger partial charge in [-0.2, -0.15) is 0 Å². The molecule has 7 nitrogen and oxygen atoms in total. The van der Waals surface area contributed by atoms with Gasteiger partial charge in [-0.05, 0) is 66.9 Å². The van der Waals surface area contributed by atoms with Gasteiger partial charge in [-0.3, -0.25) is 4.79 Å². The van der Waals surface area contributed by atoms with Gasteiger partial charge in [0.1, 0.15) is 5.75 Å². The van der Waals surface area contributed by atoms with Gasteiger partial charge in [-0.15, -0.1) is 0 Å². The van der Waals surface area contributed by atoms with Crippen LogP contribution in [0.5, 0.6) is 17.2 Å². The molecule has 1 amide bonds. The molecule has 0 bridgehead atoms. The zero-order valence-electron chi connectivity index (χ0n) is 21.5. The summed E-state index contributed by atoms with van der Waals surface area (Å²) in [5, 5.41) is 7.75. The summed E-state index contributed by atoms with van der Waals surface area (Å²) in [6.07, 6.45) is 3.30. The monoisotopic (exact) mass is 497 g/mol. The Labute approximate surface area is 216 Å². The topological polar surface area (TPSA) is 84.6 Å². The minimum Gasteiger partial charge on any atom is -0.497 e. The Kier molecular flexibility index (Phi) is 6.77. The maximum absolute atomic E-state index is 13.4. The molecule has 3 aromatic carbocycles. The zero-order valence-corrected chi connectivity index (χ0v) is 21.5. The highest BCUT2D eigenvalue weighted by molar-refractivity contribution is 6.10. The highest BCUT2D eigenvalue weighted by atomic mass is 16.5. The molecule has 4 aromatic rings. The Bertz CT molecular complexity index is 1480. The minimum atomic E-state index is -0.127. The van der Waals surface area contributed by atoms with Crippen molar-refractivity contribution in [3.63, 3.8) is 0 Å². The van der Waals surface area contributed by atoms with E-state index in [1.54, 1.807) is 21.3 Å². The Morgan fingerprint density at radius 1 is 0.946 bits per heavy atom. The van der Waals surface area contributed by atoms with E-state index >= 15 is 0 Å². The molecule has 1 heterocycles. The van der Waals surface area contributed by atoms with Gasteiger partial charge in [-0.1, -0.05) is 17.7 Å². The minimum absolute atomic E-state index is 0.127. The molecule has 190 valence electrons. The van der Waals surface area contributed by atoms with Gasteiger partial charge < -0.3 is 29.8 Å². The number of aromatic nitrogens is 1. The second-order valence-corrected chi connectivity index (χ2v) is 9.12. The zero-order chi connectivity index (χ0) is 25.9. The maximum atomic E-state index is 13.4. The molecule has 37 heavy (non-hydrogen) atoms. The van der Waals surface area contributed by atoms with Crippen molar-refractivity contribution in [2.75, 3.05) is 33.2 Å². The van der Waals surface area contributed by atoms with Crippen LogP contribution in [-0.4, -0.2) is 38.8 Å². The molecule has 7 heteroatoms. The highest BCUT2D eigenvalue weighted by Gasteiger charge is 2.28. The molecule has 0 saturated heterocycles. The molecular formula is C30H31N3O4. The molecule has 0 atom stereocenters. The van der Waals surface area contributed by atoms with Crippen LogP contribution in [0.2, 0.25) is 0 Å². The van der Waals surface area contributed by atoms with Gasteiger partial charge in [0.15, 0.2) is 11.5 Å². The number of hydrogen-bond acceptors (Lipinski definition) is 5. The number of carbonyl (C=O) groups is 1. The molecule has 1 aromatic heterocycles. The number of amides is 1. The summed E-state index contributed by atoms with van der Waals surface area (Å²) < 4.78 is 16.5. The van der Waals surface area contributed by atoms with Gasteiger partial charge in [0.25, 0.3) is 5.91 Å². The fraction of sp³-hybridized carbons (Fsp3) is 0.233. The fourth-order valence-electron chi connectivity index (χ4n) is 4.79. The number of ether oxygens (including phenoxy) is 3. The van der Waals surface area contributed by atoms with Gasteiger partial charge in [0.05, 0.1) is 27.0 Å². The number of aromatic amines is 1. The van der Waals surface area contributed by atoms with E-state index in [9.17, 15) is 4.79 Å². The number of methoxy groups -OCH3 is 3. The number of anilines is 1. The van der Waals surface area contributed by atoms with Crippen LogP contribution in [-0.2, 0) is 17.6 Å². The molecule has 0 aliphatic heterocycles. The lowest BCUT2D eigenvalue weighted by molar-refractivity contribution is -0.112. The fourth-order valence-corrected chi connectivity index (χ4v) is 4.79. The normalized spacial score (nSPS) is 12.4. The van der Waals surface area contributed by atoms with Gasteiger partial charge in [-0.25, -0.2) is 0 Å². The molecule has 1 aliphatic carbocycles. The Morgan fingerprint density at radius 3 is 2.43 bits per heavy atom. The van der Waals surface area contributed by atoms with Crippen molar-refractivity contribution in [1.82, 2.24) is 10.3 Å². The van der Waals surface area contributed by atoms with Crippen molar-refractivity contribution in [1.29, 1.82) is 0 Å². The predicted molar refractivity (Wildman–Crippen MR) is 147 cm³/mol. The number of H-pyrrole nitrogens is 1. The molecule has 0 unspecified atom stereocenters. The lowest BCUT2D eigenvalue weighted by atomic mass is 10.1.